The van der Waals surface area contributed by atoms with Crippen molar-refractivity contribution in [1.82, 2.24) is 25.2 Å². The van der Waals surface area contributed by atoms with Crippen LogP contribution in [0.5, 0.6) is 0 Å². The molecule has 1 atom stereocenters. The molecule has 0 radical (unpaired) electrons. The minimum Gasteiger partial charge on any atom is -0.357 e. The van der Waals surface area contributed by atoms with E-state index in [0.717, 1.165) is 30.4 Å². The first-order valence-electron chi connectivity index (χ1n) is 9.37. The quantitative estimate of drug-likeness (QED) is 0.372. The van der Waals surface area contributed by atoms with Crippen LogP contribution in [-0.2, 0) is 6.42 Å². The third-order valence-corrected chi connectivity index (χ3v) is 4.34. The van der Waals surface area contributed by atoms with Gasteiger partial charge in [-0.2, -0.15) is 0 Å². The van der Waals surface area contributed by atoms with Crippen LogP contribution in [0.1, 0.15) is 37.7 Å². The Morgan fingerprint density at radius 2 is 2.07 bits per heavy atom. The van der Waals surface area contributed by atoms with Gasteiger partial charge < -0.3 is 10.6 Å². The lowest BCUT2D eigenvalue weighted by Gasteiger charge is -2.18. The van der Waals surface area contributed by atoms with Crippen molar-refractivity contribution in [2.75, 3.05) is 13.1 Å². The number of benzene rings is 1. The van der Waals surface area contributed by atoms with E-state index >= 15 is 0 Å². The normalized spacial score (nSPS) is 12.9. The lowest BCUT2D eigenvalue weighted by molar-refractivity contribution is 0.550. The van der Waals surface area contributed by atoms with Gasteiger partial charge >= 0.3 is 0 Å². The summed E-state index contributed by atoms with van der Waals surface area (Å²) in [7, 11) is 0. The molecule has 0 aliphatic heterocycles. The predicted molar refractivity (Wildman–Crippen MR) is 105 cm³/mol. The molecule has 8 heteroatoms. The fourth-order valence-electron chi connectivity index (χ4n) is 2.94. The molecule has 6 nitrogen and oxygen atoms in total. The molecular formula is C20H24F2N6. The molecule has 1 aromatic carbocycles. The number of nitrogens with one attached hydrogen (secondary N) is 2. The first-order chi connectivity index (χ1) is 13.6. The number of rotatable bonds is 7. The summed E-state index contributed by atoms with van der Waals surface area (Å²) in [5.74, 6) is 0.319. The highest BCUT2D eigenvalue weighted by Crippen LogP contribution is 2.17. The van der Waals surface area contributed by atoms with Crippen molar-refractivity contribution in [2.24, 2.45) is 4.99 Å². The highest BCUT2D eigenvalue weighted by Gasteiger charge is 2.13. The number of halogens is 2. The van der Waals surface area contributed by atoms with E-state index in [-0.39, 0.29) is 6.04 Å². The largest absolute Gasteiger partial charge is 0.357 e. The Kier molecular flexibility index (Phi) is 6.52. The summed E-state index contributed by atoms with van der Waals surface area (Å²) in [5.41, 5.74) is 1.22. The van der Waals surface area contributed by atoms with Gasteiger partial charge in [-0.15, -0.1) is 10.2 Å². The van der Waals surface area contributed by atoms with E-state index in [1.807, 2.05) is 42.6 Å². The molecule has 3 aromatic rings. The third kappa shape index (κ3) is 4.82. The SMILES string of the molecule is CCNC(=NCCCc1nnc2ccccn12)NC(C)c1ccc(F)cc1F. The molecule has 1 unspecified atom stereocenters. The van der Waals surface area contributed by atoms with Crippen molar-refractivity contribution in [3.8, 4) is 0 Å². The molecule has 0 saturated carbocycles. The van der Waals surface area contributed by atoms with E-state index in [4.69, 9.17) is 0 Å². The van der Waals surface area contributed by atoms with E-state index in [1.165, 1.54) is 12.1 Å². The van der Waals surface area contributed by atoms with Crippen molar-refractivity contribution in [3.63, 3.8) is 0 Å². The minimum absolute atomic E-state index is 0.348. The standard InChI is InChI=1S/C20H24F2N6/c1-3-23-20(25-14(2)16-10-9-15(21)13-17(16)22)24-11-6-8-19-27-26-18-7-4-5-12-28(18)19/h4-5,7,9-10,12-14H,3,6,8,11H2,1-2H3,(H2,23,24,25). The Bertz CT molecular complexity index is 953. The Hall–Kier alpha value is -3.03. The molecule has 2 N–H and O–H groups in total. The number of pyridine rings is 1. The molecule has 2 heterocycles. The average molecular weight is 386 g/mol. The molecule has 0 bridgehead atoms. The zero-order valence-corrected chi connectivity index (χ0v) is 16.0. The third-order valence-electron chi connectivity index (χ3n) is 4.34. The number of aryl methyl sites for hydroxylation is 1. The van der Waals surface area contributed by atoms with E-state index in [1.54, 1.807) is 0 Å². The van der Waals surface area contributed by atoms with Crippen molar-refractivity contribution < 1.29 is 8.78 Å². The van der Waals surface area contributed by atoms with Gasteiger partial charge in [0, 0.05) is 37.3 Å². The molecular weight excluding hydrogens is 362 g/mol. The van der Waals surface area contributed by atoms with Gasteiger partial charge in [0.25, 0.3) is 0 Å². The second-order valence-corrected chi connectivity index (χ2v) is 6.44. The van der Waals surface area contributed by atoms with E-state index in [0.29, 0.717) is 24.6 Å². The van der Waals surface area contributed by atoms with Crippen LogP contribution in [0.4, 0.5) is 8.78 Å². The zero-order chi connectivity index (χ0) is 19.9. The molecule has 0 saturated heterocycles. The van der Waals surface area contributed by atoms with Gasteiger partial charge in [-0.05, 0) is 38.5 Å². The summed E-state index contributed by atoms with van der Waals surface area (Å²) in [6.07, 6.45) is 3.49. The van der Waals surface area contributed by atoms with Gasteiger partial charge in [0.15, 0.2) is 11.6 Å². The van der Waals surface area contributed by atoms with Gasteiger partial charge in [0.1, 0.15) is 17.5 Å². The maximum atomic E-state index is 14.0. The number of guanidine groups is 1. The fourth-order valence-corrected chi connectivity index (χ4v) is 2.94. The monoisotopic (exact) mass is 386 g/mol. The summed E-state index contributed by atoms with van der Waals surface area (Å²) >= 11 is 0. The van der Waals surface area contributed by atoms with Gasteiger partial charge in [-0.1, -0.05) is 12.1 Å². The number of fused-ring (bicyclic) bond motifs is 1. The first kappa shape index (κ1) is 19.7. The summed E-state index contributed by atoms with van der Waals surface area (Å²) < 4.78 is 29.0. The number of hydrogen-bond donors (Lipinski definition) is 2. The molecule has 0 amide bonds. The molecule has 0 spiro atoms. The van der Waals surface area contributed by atoms with Gasteiger partial charge in [-0.25, -0.2) is 8.78 Å². The van der Waals surface area contributed by atoms with E-state index < -0.39 is 11.6 Å². The summed E-state index contributed by atoms with van der Waals surface area (Å²) in [6, 6.07) is 9.03. The van der Waals surface area contributed by atoms with E-state index in [2.05, 4.69) is 25.8 Å². The van der Waals surface area contributed by atoms with Crippen LogP contribution >= 0.6 is 0 Å². The van der Waals surface area contributed by atoms with Crippen LogP contribution < -0.4 is 10.6 Å². The molecule has 0 aliphatic rings. The predicted octanol–water partition coefficient (Wildman–Crippen LogP) is 3.26. The average Bonchev–Trinajstić information content (AvgIpc) is 3.08. The number of nitrogens with zero attached hydrogens (tertiary/aromatic N) is 4. The van der Waals surface area contributed by atoms with Gasteiger partial charge in [0.05, 0.1) is 6.04 Å². The second-order valence-electron chi connectivity index (χ2n) is 6.44. The van der Waals surface area contributed by atoms with Crippen LogP contribution in [0.3, 0.4) is 0 Å². The molecule has 0 fully saturated rings. The van der Waals surface area contributed by atoms with Crippen LogP contribution in [0.25, 0.3) is 5.65 Å². The van der Waals surface area contributed by atoms with Crippen LogP contribution in [0.2, 0.25) is 0 Å². The van der Waals surface area contributed by atoms with Gasteiger partial charge in [0.2, 0.25) is 0 Å². The summed E-state index contributed by atoms with van der Waals surface area (Å²) in [5, 5.41) is 14.7. The number of aromatic nitrogens is 3. The van der Waals surface area contributed by atoms with Crippen molar-refractivity contribution in [1.29, 1.82) is 0 Å². The Morgan fingerprint density at radius 3 is 2.86 bits per heavy atom. The Morgan fingerprint density at radius 1 is 1.21 bits per heavy atom. The highest BCUT2D eigenvalue weighted by atomic mass is 19.1. The molecule has 0 aliphatic carbocycles. The lowest BCUT2D eigenvalue weighted by atomic mass is 10.1. The minimum atomic E-state index is -0.588. The van der Waals surface area contributed by atoms with E-state index in [9.17, 15) is 8.78 Å². The molecule has 148 valence electrons. The lowest BCUT2D eigenvalue weighted by Crippen LogP contribution is -2.39. The maximum absolute atomic E-state index is 14.0. The van der Waals surface area contributed by atoms with Crippen molar-refractivity contribution in [3.05, 3.63) is 65.6 Å². The number of aliphatic imine (C=N–C) groups is 1. The van der Waals surface area contributed by atoms with Crippen LogP contribution in [0.15, 0.2) is 47.6 Å². The van der Waals surface area contributed by atoms with Crippen molar-refractivity contribution >= 4 is 11.6 Å². The maximum Gasteiger partial charge on any atom is 0.191 e. The van der Waals surface area contributed by atoms with Crippen molar-refractivity contribution in [2.45, 2.75) is 32.7 Å². The summed E-state index contributed by atoms with van der Waals surface area (Å²) in [6.45, 7) is 5.03. The molecule has 28 heavy (non-hydrogen) atoms. The Labute approximate surface area is 162 Å². The van der Waals surface area contributed by atoms with Crippen LogP contribution in [-0.4, -0.2) is 33.6 Å². The topological polar surface area (TPSA) is 66.6 Å². The first-order valence-corrected chi connectivity index (χ1v) is 9.37. The summed E-state index contributed by atoms with van der Waals surface area (Å²) in [4.78, 5) is 4.55. The smallest absolute Gasteiger partial charge is 0.191 e. The van der Waals surface area contributed by atoms with Gasteiger partial charge in [-0.3, -0.25) is 9.39 Å². The molecule has 2 aromatic heterocycles. The zero-order valence-electron chi connectivity index (χ0n) is 16.0. The fraction of sp³-hybridized carbons (Fsp3) is 0.350. The van der Waals surface area contributed by atoms with Crippen LogP contribution in [0, 0.1) is 11.6 Å². The number of hydrogen-bond acceptors (Lipinski definition) is 3. The highest BCUT2D eigenvalue weighted by molar-refractivity contribution is 5.80. The second kappa shape index (κ2) is 9.25. The molecule has 3 rings (SSSR count). The Balaban J connectivity index is 1.59.